The van der Waals surface area contributed by atoms with Crippen molar-refractivity contribution in [2.45, 2.75) is 193 Å². The summed E-state index contributed by atoms with van der Waals surface area (Å²) in [6, 6.07) is -0.827. The highest BCUT2D eigenvalue weighted by molar-refractivity contribution is 5.76. The maximum atomic E-state index is 12.3. The molecule has 0 saturated heterocycles. The summed E-state index contributed by atoms with van der Waals surface area (Å²) < 4.78 is 0. The van der Waals surface area contributed by atoms with Gasteiger partial charge in [0, 0.05) is 6.42 Å². The van der Waals surface area contributed by atoms with Gasteiger partial charge in [-0.3, -0.25) is 4.79 Å². The third kappa shape index (κ3) is 27.4. The summed E-state index contributed by atoms with van der Waals surface area (Å²) in [5, 5.41) is 33.2. The SMILES string of the molecule is CCCC/C=C\CCCCCCC(=O)NC(CO)C(O)C(O)CCC/C=C/CCCCCCCCCCCCCC. The average molecular weight is 580 g/mol. The molecule has 0 radical (unpaired) electrons. The minimum absolute atomic E-state index is 0.171. The highest BCUT2D eigenvalue weighted by Gasteiger charge is 2.26. The summed E-state index contributed by atoms with van der Waals surface area (Å²) in [6.07, 6.45) is 35.6. The lowest BCUT2D eigenvalue weighted by atomic mass is 10.0. The molecule has 41 heavy (non-hydrogen) atoms. The average Bonchev–Trinajstić information content (AvgIpc) is 2.97. The lowest BCUT2D eigenvalue weighted by Crippen LogP contribution is -2.50. The highest BCUT2D eigenvalue weighted by Crippen LogP contribution is 2.14. The number of carbonyl (C=O) groups excluding carboxylic acids is 1. The fraction of sp³-hybridized carbons (Fsp3) is 0.861. The molecule has 0 heterocycles. The van der Waals surface area contributed by atoms with E-state index in [1.165, 1.54) is 96.3 Å². The molecule has 5 heteroatoms. The van der Waals surface area contributed by atoms with Crippen LogP contribution < -0.4 is 5.32 Å². The number of hydrogen-bond donors (Lipinski definition) is 4. The van der Waals surface area contributed by atoms with Gasteiger partial charge in [-0.05, 0) is 57.8 Å². The van der Waals surface area contributed by atoms with Gasteiger partial charge in [-0.1, -0.05) is 134 Å². The van der Waals surface area contributed by atoms with E-state index in [9.17, 15) is 20.1 Å². The zero-order valence-corrected chi connectivity index (χ0v) is 27.2. The minimum atomic E-state index is -1.16. The summed E-state index contributed by atoms with van der Waals surface area (Å²) in [5.41, 5.74) is 0. The quantitative estimate of drug-likeness (QED) is 0.0487. The Kier molecular flexibility index (Phi) is 30.9. The van der Waals surface area contributed by atoms with E-state index in [4.69, 9.17) is 0 Å². The Morgan fingerprint density at radius 2 is 1.00 bits per heavy atom. The van der Waals surface area contributed by atoms with E-state index in [2.05, 4.69) is 43.5 Å². The van der Waals surface area contributed by atoms with Crippen LogP contribution in [0.2, 0.25) is 0 Å². The zero-order valence-electron chi connectivity index (χ0n) is 27.2. The van der Waals surface area contributed by atoms with Gasteiger partial charge in [0.05, 0.1) is 18.8 Å². The molecule has 3 unspecified atom stereocenters. The van der Waals surface area contributed by atoms with Crippen molar-refractivity contribution in [3.05, 3.63) is 24.3 Å². The number of nitrogens with one attached hydrogen (secondary N) is 1. The predicted octanol–water partition coefficient (Wildman–Crippen LogP) is 9.09. The minimum Gasteiger partial charge on any atom is -0.394 e. The van der Waals surface area contributed by atoms with E-state index >= 15 is 0 Å². The molecule has 0 fully saturated rings. The van der Waals surface area contributed by atoms with Gasteiger partial charge in [0.15, 0.2) is 0 Å². The molecule has 0 aliphatic heterocycles. The first-order valence-corrected chi connectivity index (χ1v) is 17.6. The van der Waals surface area contributed by atoms with Crippen molar-refractivity contribution in [1.29, 1.82) is 0 Å². The van der Waals surface area contributed by atoms with Gasteiger partial charge in [-0.15, -0.1) is 0 Å². The van der Waals surface area contributed by atoms with Crippen LogP contribution in [0.4, 0.5) is 0 Å². The molecule has 5 nitrogen and oxygen atoms in total. The van der Waals surface area contributed by atoms with E-state index in [1.54, 1.807) is 0 Å². The van der Waals surface area contributed by atoms with Crippen LogP contribution in [0, 0.1) is 0 Å². The number of unbranched alkanes of at least 4 members (excludes halogenated alkanes) is 19. The second-order valence-electron chi connectivity index (χ2n) is 12.1. The third-order valence-electron chi connectivity index (χ3n) is 8.03. The summed E-state index contributed by atoms with van der Waals surface area (Å²) >= 11 is 0. The van der Waals surface area contributed by atoms with E-state index < -0.39 is 18.2 Å². The van der Waals surface area contributed by atoms with Crippen LogP contribution in [0.3, 0.4) is 0 Å². The van der Waals surface area contributed by atoms with E-state index in [0.717, 1.165) is 51.4 Å². The maximum Gasteiger partial charge on any atom is 0.220 e. The molecule has 0 aromatic carbocycles. The Labute approximate surface area is 254 Å². The molecule has 0 aliphatic rings. The second-order valence-corrected chi connectivity index (χ2v) is 12.1. The van der Waals surface area contributed by atoms with E-state index in [-0.39, 0.29) is 12.5 Å². The number of hydrogen-bond acceptors (Lipinski definition) is 4. The highest BCUT2D eigenvalue weighted by atomic mass is 16.3. The summed E-state index contributed by atoms with van der Waals surface area (Å²) in [6.45, 7) is 4.09. The largest absolute Gasteiger partial charge is 0.394 e. The molecule has 0 aromatic rings. The molecular formula is C36H69NO4. The van der Waals surface area contributed by atoms with Crippen molar-refractivity contribution in [3.8, 4) is 0 Å². The predicted molar refractivity (Wildman–Crippen MR) is 176 cm³/mol. The van der Waals surface area contributed by atoms with Gasteiger partial charge < -0.3 is 20.6 Å². The second kappa shape index (κ2) is 31.8. The van der Waals surface area contributed by atoms with Crippen LogP contribution in [0.15, 0.2) is 24.3 Å². The van der Waals surface area contributed by atoms with Crippen LogP contribution in [0.5, 0.6) is 0 Å². The molecule has 1 amide bonds. The van der Waals surface area contributed by atoms with Gasteiger partial charge in [0.1, 0.15) is 6.10 Å². The Hall–Kier alpha value is -1.17. The molecule has 242 valence electrons. The first-order valence-electron chi connectivity index (χ1n) is 17.6. The van der Waals surface area contributed by atoms with Gasteiger partial charge in [-0.25, -0.2) is 0 Å². The summed E-state index contributed by atoms with van der Waals surface area (Å²) in [7, 11) is 0. The Morgan fingerprint density at radius 1 is 0.585 bits per heavy atom. The van der Waals surface area contributed by atoms with Crippen LogP contribution >= 0.6 is 0 Å². The molecule has 0 bridgehead atoms. The molecular weight excluding hydrogens is 510 g/mol. The van der Waals surface area contributed by atoms with Gasteiger partial charge >= 0.3 is 0 Å². The Morgan fingerprint density at radius 3 is 1.49 bits per heavy atom. The van der Waals surface area contributed by atoms with Crippen molar-refractivity contribution in [2.24, 2.45) is 0 Å². The lowest BCUT2D eigenvalue weighted by molar-refractivity contribution is -0.124. The molecule has 0 spiro atoms. The van der Waals surface area contributed by atoms with Crippen LogP contribution in [-0.4, -0.2) is 46.1 Å². The van der Waals surface area contributed by atoms with Gasteiger partial charge in [-0.2, -0.15) is 0 Å². The van der Waals surface area contributed by atoms with Crippen LogP contribution in [-0.2, 0) is 4.79 Å². The van der Waals surface area contributed by atoms with Crippen molar-refractivity contribution < 1.29 is 20.1 Å². The fourth-order valence-corrected chi connectivity index (χ4v) is 5.20. The number of amides is 1. The molecule has 0 aliphatic carbocycles. The molecule has 0 saturated carbocycles. The topological polar surface area (TPSA) is 89.8 Å². The number of aliphatic hydroxyl groups is 3. The standard InChI is InChI=1S/C36H69NO4/c1-3-5-7-9-11-13-15-16-17-18-19-20-21-22-24-26-28-30-34(39)36(41)33(32-38)37-35(40)31-29-27-25-23-14-12-10-8-6-4-2/h10,12,22,24,33-34,36,38-39,41H,3-9,11,13-21,23,25-32H2,1-2H3,(H,37,40)/b12-10-,24-22+. The van der Waals surface area contributed by atoms with Crippen molar-refractivity contribution >= 4 is 5.91 Å². The summed E-state index contributed by atoms with van der Waals surface area (Å²) in [4.78, 5) is 12.3. The van der Waals surface area contributed by atoms with Crippen LogP contribution in [0.25, 0.3) is 0 Å². The zero-order chi connectivity index (χ0) is 30.2. The molecule has 3 atom stereocenters. The normalized spacial score (nSPS) is 14.2. The van der Waals surface area contributed by atoms with E-state index in [1.807, 2.05) is 0 Å². The molecule has 4 N–H and O–H groups in total. The van der Waals surface area contributed by atoms with Crippen molar-refractivity contribution in [1.82, 2.24) is 5.32 Å². The number of allylic oxidation sites excluding steroid dienone is 4. The smallest absolute Gasteiger partial charge is 0.220 e. The molecule has 0 rings (SSSR count). The molecule has 0 aromatic heterocycles. The van der Waals surface area contributed by atoms with Gasteiger partial charge in [0.25, 0.3) is 0 Å². The van der Waals surface area contributed by atoms with Gasteiger partial charge in [0.2, 0.25) is 5.91 Å². The van der Waals surface area contributed by atoms with Crippen molar-refractivity contribution in [3.63, 3.8) is 0 Å². The Balaban J connectivity index is 3.75. The number of carbonyl (C=O) groups is 1. The van der Waals surface area contributed by atoms with Crippen LogP contribution in [0.1, 0.15) is 174 Å². The maximum absolute atomic E-state index is 12.3. The first-order chi connectivity index (χ1) is 20.1. The summed E-state index contributed by atoms with van der Waals surface area (Å²) in [5.74, 6) is -0.171. The first kappa shape index (κ1) is 39.8. The van der Waals surface area contributed by atoms with E-state index in [0.29, 0.717) is 12.8 Å². The number of aliphatic hydroxyl groups excluding tert-OH is 3. The number of rotatable bonds is 31. The third-order valence-corrected chi connectivity index (χ3v) is 8.03. The fourth-order valence-electron chi connectivity index (χ4n) is 5.20. The lowest BCUT2D eigenvalue weighted by Gasteiger charge is -2.26. The Bertz CT molecular complexity index is 606. The monoisotopic (exact) mass is 580 g/mol. The van der Waals surface area contributed by atoms with Crippen molar-refractivity contribution in [2.75, 3.05) is 6.61 Å².